The van der Waals surface area contributed by atoms with Crippen LogP contribution in [0.1, 0.15) is 77.6 Å². The minimum Gasteiger partial charge on any atom is -0.313 e. The Hall–Kier alpha value is -0.0800. The van der Waals surface area contributed by atoms with Gasteiger partial charge in [-0.05, 0) is 44.7 Å². The lowest BCUT2D eigenvalue weighted by atomic mass is 9.84. The third kappa shape index (κ3) is 6.13. The number of hydrogen-bond acceptors (Lipinski definition) is 2. The fraction of sp³-hybridized carbons (Fsp3) is 1.00. The van der Waals surface area contributed by atoms with Crippen LogP contribution in [0.5, 0.6) is 0 Å². The molecule has 0 amide bonds. The van der Waals surface area contributed by atoms with Gasteiger partial charge in [0.15, 0.2) is 0 Å². The first-order valence-corrected chi connectivity index (χ1v) is 9.34. The van der Waals surface area contributed by atoms with Gasteiger partial charge in [-0.25, -0.2) is 0 Å². The molecular weight excluding hydrogens is 244 g/mol. The highest BCUT2D eigenvalue weighted by atomic mass is 15.1. The molecule has 0 aromatic rings. The second-order valence-corrected chi connectivity index (χ2v) is 7.08. The second kappa shape index (κ2) is 9.78. The molecule has 1 aliphatic carbocycles. The van der Waals surface area contributed by atoms with Crippen molar-refractivity contribution in [2.24, 2.45) is 5.92 Å². The van der Waals surface area contributed by atoms with Crippen molar-refractivity contribution in [3.63, 3.8) is 0 Å². The van der Waals surface area contributed by atoms with Crippen LogP contribution < -0.4 is 5.32 Å². The number of nitrogens with one attached hydrogen (secondary N) is 1. The van der Waals surface area contributed by atoms with Gasteiger partial charge in [0.2, 0.25) is 0 Å². The van der Waals surface area contributed by atoms with Gasteiger partial charge >= 0.3 is 0 Å². The maximum atomic E-state index is 3.87. The minimum atomic E-state index is 0.785. The monoisotopic (exact) mass is 280 g/mol. The van der Waals surface area contributed by atoms with E-state index in [1.54, 1.807) is 0 Å². The van der Waals surface area contributed by atoms with Crippen LogP contribution in [0.4, 0.5) is 0 Å². The zero-order valence-corrected chi connectivity index (χ0v) is 13.7. The van der Waals surface area contributed by atoms with Crippen molar-refractivity contribution in [3.8, 4) is 0 Å². The Bertz CT molecular complexity index is 230. The Morgan fingerprint density at radius 1 is 1.00 bits per heavy atom. The molecule has 1 unspecified atom stereocenters. The van der Waals surface area contributed by atoms with Crippen LogP contribution in [-0.4, -0.2) is 37.1 Å². The topological polar surface area (TPSA) is 15.3 Å². The molecule has 0 aromatic carbocycles. The van der Waals surface area contributed by atoms with Gasteiger partial charge in [-0.3, -0.25) is 0 Å². The van der Waals surface area contributed by atoms with E-state index < -0.39 is 0 Å². The zero-order chi connectivity index (χ0) is 14.0. The summed E-state index contributed by atoms with van der Waals surface area (Å²) in [5, 5.41) is 3.87. The number of hydrogen-bond donors (Lipinski definition) is 1. The third-order valence-corrected chi connectivity index (χ3v) is 5.29. The molecular formula is C18H36N2. The molecule has 20 heavy (non-hydrogen) atoms. The summed E-state index contributed by atoms with van der Waals surface area (Å²) < 4.78 is 0. The summed E-state index contributed by atoms with van der Waals surface area (Å²) in [4.78, 5) is 2.65. The van der Waals surface area contributed by atoms with Crippen LogP contribution >= 0.6 is 0 Å². The summed E-state index contributed by atoms with van der Waals surface area (Å²) in [6.07, 6.45) is 15.9. The van der Waals surface area contributed by atoms with E-state index in [1.807, 2.05) is 0 Å². The predicted molar refractivity (Wildman–Crippen MR) is 88.2 cm³/mol. The summed E-state index contributed by atoms with van der Waals surface area (Å²) in [7, 11) is 0. The fourth-order valence-corrected chi connectivity index (χ4v) is 4.09. The van der Waals surface area contributed by atoms with Crippen molar-refractivity contribution >= 4 is 0 Å². The van der Waals surface area contributed by atoms with Gasteiger partial charge < -0.3 is 10.2 Å². The Labute approximate surface area is 126 Å². The van der Waals surface area contributed by atoms with E-state index in [-0.39, 0.29) is 0 Å². The summed E-state index contributed by atoms with van der Waals surface area (Å²) in [5.41, 5.74) is 0. The second-order valence-electron chi connectivity index (χ2n) is 7.08. The van der Waals surface area contributed by atoms with Gasteiger partial charge in [-0.2, -0.15) is 0 Å². The SMILES string of the molecule is CCCC(CC1CCCCC1)NCCN1CCCCC1. The molecule has 1 heterocycles. The Balaban J connectivity index is 1.62. The van der Waals surface area contributed by atoms with Crippen molar-refractivity contribution in [2.75, 3.05) is 26.2 Å². The quantitative estimate of drug-likeness (QED) is 0.717. The highest BCUT2D eigenvalue weighted by Gasteiger charge is 2.18. The molecule has 118 valence electrons. The van der Waals surface area contributed by atoms with Gasteiger partial charge in [0, 0.05) is 19.1 Å². The highest BCUT2D eigenvalue weighted by molar-refractivity contribution is 4.75. The maximum Gasteiger partial charge on any atom is 0.0107 e. The van der Waals surface area contributed by atoms with Crippen LogP contribution in [0.25, 0.3) is 0 Å². The Morgan fingerprint density at radius 3 is 2.40 bits per heavy atom. The maximum absolute atomic E-state index is 3.87. The Morgan fingerprint density at radius 2 is 1.70 bits per heavy atom. The molecule has 2 fully saturated rings. The van der Waals surface area contributed by atoms with Gasteiger partial charge in [-0.15, -0.1) is 0 Å². The van der Waals surface area contributed by atoms with Crippen molar-refractivity contribution in [1.29, 1.82) is 0 Å². The smallest absolute Gasteiger partial charge is 0.0107 e. The number of nitrogens with zero attached hydrogens (tertiary/aromatic N) is 1. The molecule has 2 aliphatic rings. The van der Waals surface area contributed by atoms with Crippen LogP contribution in [0.3, 0.4) is 0 Å². The number of piperidine rings is 1. The Kier molecular flexibility index (Phi) is 7.97. The molecule has 2 rings (SSSR count). The van der Waals surface area contributed by atoms with Crippen molar-refractivity contribution < 1.29 is 0 Å². The van der Waals surface area contributed by atoms with E-state index in [9.17, 15) is 0 Å². The lowest BCUT2D eigenvalue weighted by Crippen LogP contribution is -2.40. The first-order chi connectivity index (χ1) is 9.88. The van der Waals surface area contributed by atoms with Crippen LogP contribution in [0, 0.1) is 5.92 Å². The predicted octanol–water partition coefficient (Wildman–Crippen LogP) is 4.20. The summed E-state index contributed by atoms with van der Waals surface area (Å²) in [6, 6.07) is 0.785. The molecule has 0 aromatic heterocycles. The third-order valence-electron chi connectivity index (χ3n) is 5.29. The fourth-order valence-electron chi connectivity index (χ4n) is 4.09. The molecule has 1 N–H and O–H groups in total. The first kappa shape index (κ1) is 16.3. The van der Waals surface area contributed by atoms with E-state index in [1.165, 1.54) is 96.8 Å². The van der Waals surface area contributed by atoms with Gasteiger partial charge in [-0.1, -0.05) is 51.9 Å². The first-order valence-electron chi connectivity index (χ1n) is 9.34. The molecule has 1 aliphatic heterocycles. The van der Waals surface area contributed by atoms with Gasteiger partial charge in [0.25, 0.3) is 0 Å². The van der Waals surface area contributed by atoms with E-state index >= 15 is 0 Å². The molecule has 0 radical (unpaired) electrons. The summed E-state index contributed by atoms with van der Waals surface area (Å²) >= 11 is 0. The lowest BCUT2D eigenvalue weighted by Gasteiger charge is -2.29. The van der Waals surface area contributed by atoms with Crippen LogP contribution in [-0.2, 0) is 0 Å². The molecule has 1 saturated heterocycles. The highest BCUT2D eigenvalue weighted by Crippen LogP contribution is 2.28. The minimum absolute atomic E-state index is 0.785. The average molecular weight is 280 g/mol. The largest absolute Gasteiger partial charge is 0.313 e. The lowest BCUT2D eigenvalue weighted by molar-refractivity contribution is 0.220. The molecule has 2 nitrogen and oxygen atoms in total. The number of likely N-dealkylation sites (tertiary alicyclic amines) is 1. The van der Waals surface area contributed by atoms with Gasteiger partial charge in [0.1, 0.15) is 0 Å². The molecule has 1 atom stereocenters. The van der Waals surface area contributed by atoms with E-state index in [0.29, 0.717) is 0 Å². The summed E-state index contributed by atoms with van der Waals surface area (Å²) in [5.74, 6) is 1.02. The molecule has 2 heteroatoms. The van der Waals surface area contributed by atoms with E-state index in [4.69, 9.17) is 0 Å². The average Bonchev–Trinajstić information content (AvgIpc) is 2.49. The zero-order valence-electron chi connectivity index (χ0n) is 13.7. The molecule has 1 saturated carbocycles. The van der Waals surface area contributed by atoms with Crippen LogP contribution in [0.15, 0.2) is 0 Å². The summed E-state index contributed by atoms with van der Waals surface area (Å²) in [6.45, 7) is 7.48. The van der Waals surface area contributed by atoms with E-state index in [0.717, 1.165) is 12.0 Å². The van der Waals surface area contributed by atoms with Crippen LogP contribution in [0.2, 0.25) is 0 Å². The van der Waals surface area contributed by atoms with Crippen molar-refractivity contribution in [2.45, 2.75) is 83.6 Å². The molecule has 0 spiro atoms. The normalized spacial score (nSPS) is 23.9. The van der Waals surface area contributed by atoms with Crippen molar-refractivity contribution in [1.82, 2.24) is 10.2 Å². The van der Waals surface area contributed by atoms with Crippen molar-refractivity contribution in [3.05, 3.63) is 0 Å². The number of rotatable bonds is 8. The van der Waals surface area contributed by atoms with E-state index in [2.05, 4.69) is 17.1 Å². The standard InChI is InChI=1S/C18H36N2/c1-2-9-18(16-17-10-5-3-6-11-17)19-12-15-20-13-7-4-8-14-20/h17-19H,2-16H2,1H3. The van der Waals surface area contributed by atoms with Gasteiger partial charge in [0.05, 0.1) is 0 Å². The molecule has 0 bridgehead atoms.